The van der Waals surface area contributed by atoms with Crippen molar-refractivity contribution in [3.63, 3.8) is 0 Å². The van der Waals surface area contributed by atoms with Crippen LogP contribution in [0.15, 0.2) is 53.6 Å². The molecule has 3 aromatic rings. The van der Waals surface area contributed by atoms with Crippen molar-refractivity contribution in [2.24, 2.45) is 0 Å². The molecule has 0 aliphatic rings. The summed E-state index contributed by atoms with van der Waals surface area (Å²) in [5.74, 6) is 0.339. The number of pyridine rings is 1. The van der Waals surface area contributed by atoms with Gasteiger partial charge in [0.25, 0.3) is 5.56 Å². The number of aromatic amines is 1. The van der Waals surface area contributed by atoms with Crippen LogP contribution >= 0.6 is 11.6 Å². The maximum absolute atomic E-state index is 13.1. The van der Waals surface area contributed by atoms with Crippen molar-refractivity contribution < 1.29 is 9.13 Å². The number of rotatable bonds is 5. The lowest BCUT2D eigenvalue weighted by Gasteiger charge is -2.08. The Morgan fingerprint density at radius 2 is 2.12 bits per heavy atom. The highest BCUT2D eigenvalue weighted by molar-refractivity contribution is 6.32. The molecule has 0 spiro atoms. The van der Waals surface area contributed by atoms with E-state index < -0.39 is 5.56 Å². The molecule has 24 heavy (non-hydrogen) atoms. The number of hydrogen-bond acceptors (Lipinski definition) is 5. The molecular formula is C16H12ClFN4O2. The molecule has 6 nitrogen and oxygen atoms in total. The third-order valence-electron chi connectivity index (χ3n) is 3.09. The van der Waals surface area contributed by atoms with E-state index in [1.54, 1.807) is 30.5 Å². The van der Waals surface area contributed by atoms with E-state index in [9.17, 15) is 9.18 Å². The summed E-state index contributed by atoms with van der Waals surface area (Å²) in [5, 5.41) is 8.96. The standard InChI is InChI=1S/C16H12ClFN4O2/c17-15-13(9-21-22-16(15)23)19-7-10-4-5-14(20-8-10)24-12-3-1-2-11(18)6-12/h1-6,8-9H,7H2,(H2,19,22,23). The van der Waals surface area contributed by atoms with Crippen LogP contribution in [0, 0.1) is 5.82 Å². The first kappa shape index (κ1) is 15.9. The number of anilines is 1. The second-order valence-corrected chi connectivity index (χ2v) is 5.22. The van der Waals surface area contributed by atoms with E-state index >= 15 is 0 Å². The zero-order valence-corrected chi connectivity index (χ0v) is 13.0. The van der Waals surface area contributed by atoms with Crippen molar-refractivity contribution in [3.05, 3.63) is 75.5 Å². The maximum atomic E-state index is 13.1. The van der Waals surface area contributed by atoms with E-state index in [1.165, 1.54) is 18.3 Å². The van der Waals surface area contributed by atoms with Crippen LogP contribution in [0.2, 0.25) is 5.02 Å². The molecule has 0 aliphatic heterocycles. The first-order chi connectivity index (χ1) is 11.6. The Morgan fingerprint density at radius 1 is 1.25 bits per heavy atom. The van der Waals surface area contributed by atoms with Gasteiger partial charge in [0, 0.05) is 24.9 Å². The smallest absolute Gasteiger partial charge is 0.285 e. The molecule has 0 fully saturated rings. The van der Waals surface area contributed by atoms with Crippen molar-refractivity contribution in [1.29, 1.82) is 0 Å². The van der Waals surface area contributed by atoms with E-state index in [2.05, 4.69) is 20.5 Å². The van der Waals surface area contributed by atoms with E-state index in [1.807, 2.05) is 0 Å². The first-order valence-electron chi connectivity index (χ1n) is 6.97. The van der Waals surface area contributed by atoms with Crippen molar-refractivity contribution in [3.8, 4) is 11.6 Å². The van der Waals surface area contributed by atoms with Crippen LogP contribution in [-0.2, 0) is 6.54 Å². The van der Waals surface area contributed by atoms with E-state index in [0.29, 0.717) is 23.9 Å². The van der Waals surface area contributed by atoms with Crippen molar-refractivity contribution in [2.45, 2.75) is 6.54 Å². The second kappa shape index (κ2) is 7.10. The van der Waals surface area contributed by atoms with Gasteiger partial charge >= 0.3 is 0 Å². The minimum atomic E-state index is -0.460. The molecule has 0 saturated heterocycles. The van der Waals surface area contributed by atoms with Gasteiger partial charge in [-0.25, -0.2) is 14.5 Å². The number of H-pyrrole nitrogens is 1. The van der Waals surface area contributed by atoms with E-state index in [0.717, 1.165) is 5.56 Å². The van der Waals surface area contributed by atoms with Gasteiger partial charge in [-0.15, -0.1) is 0 Å². The van der Waals surface area contributed by atoms with E-state index in [4.69, 9.17) is 16.3 Å². The largest absolute Gasteiger partial charge is 0.439 e. The molecule has 0 amide bonds. The molecule has 0 unspecified atom stereocenters. The van der Waals surface area contributed by atoms with Gasteiger partial charge in [-0.3, -0.25) is 4.79 Å². The normalized spacial score (nSPS) is 10.4. The zero-order chi connectivity index (χ0) is 16.9. The summed E-state index contributed by atoms with van der Waals surface area (Å²) in [5.41, 5.74) is 0.817. The lowest BCUT2D eigenvalue weighted by atomic mass is 10.3. The molecule has 0 bridgehead atoms. The highest BCUT2D eigenvalue weighted by atomic mass is 35.5. The van der Waals surface area contributed by atoms with Crippen molar-refractivity contribution in [1.82, 2.24) is 15.2 Å². The topological polar surface area (TPSA) is 79.9 Å². The van der Waals surface area contributed by atoms with Gasteiger partial charge in [0.1, 0.15) is 16.6 Å². The molecule has 8 heteroatoms. The number of ether oxygens (including phenoxy) is 1. The minimum Gasteiger partial charge on any atom is -0.439 e. The average molecular weight is 347 g/mol. The Hall–Kier alpha value is -2.93. The van der Waals surface area contributed by atoms with Gasteiger partial charge in [-0.1, -0.05) is 23.7 Å². The lowest BCUT2D eigenvalue weighted by molar-refractivity contribution is 0.458. The van der Waals surface area contributed by atoms with Crippen LogP contribution in [0.3, 0.4) is 0 Å². The number of nitrogens with one attached hydrogen (secondary N) is 2. The third-order valence-corrected chi connectivity index (χ3v) is 3.47. The van der Waals surface area contributed by atoms with Crippen LogP contribution in [0.25, 0.3) is 0 Å². The average Bonchev–Trinajstić information content (AvgIpc) is 2.58. The van der Waals surface area contributed by atoms with Crippen LogP contribution in [0.1, 0.15) is 5.56 Å². The summed E-state index contributed by atoms with van der Waals surface area (Å²) in [6.45, 7) is 0.401. The summed E-state index contributed by atoms with van der Waals surface area (Å²) in [6.07, 6.45) is 3.04. The highest BCUT2D eigenvalue weighted by Crippen LogP contribution is 2.20. The molecule has 0 aliphatic carbocycles. The number of hydrogen-bond donors (Lipinski definition) is 2. The predicted octanol–water partition coefficient (Wildman–Crippen LogP) is 3.36. The van der Waals surface area contributed by atoms with Crippen LogP contribution in [-0.4, -0.2) is 15.2 Å². The molecule has 2 N–H and O–H groups in total. The summed E-state index contributed by atoms with van der Waals surface area (Å²) in [7, 11) is 0. The summed E-state index contributed by atoms with van der Waals surface area (Å²) in [6, 6.07) is 9.27. The SMILES string of the molecule is O=c1[nH]ncc(NCc2ccc(Oc3cccc(F)c3)nc2)c1Cl. The number of nitrogens with zero attached hydrogens (tertiary/aromatic N) is 2. The zero-order valence-electron chi connectivity index (χ0n) is 12.3. The Morgan fingerprint density at radius 3 is 2.88 bits per heavy atom. The Kier molecular flexibility index (Phi) is 4.72. The fraction of sp³-hybridized carbons (Fsp3) is 0.0625. The van der Waals surface area contributed by atoms with Crippen LogP contribution in [0.4, 0.5) is 10.1 Å². The van der Waals surface area contributed by atoms with Gasteiger partial charge in [-0.05, 0) is 17.7 Å². The Balaban J connectivity index is 1.64. The molecule has 1 aromatic carbocycles. The van der Waals surface area contributed by atoms with Crippen LogP contribution in [0.5, 0.6) is 11.6 Å². The summed E-state index contributed by atoms with van der Waals surface area (Å²) >= 11 is 5.88. The fourth-order valence-corrected chi connectivity index (χ4v) is 2.09. The molecule has 122 valence electrons. The molecule has 0 radical (unpaired) electrons. The van der Waals surface area contributed by atoms with Gasteiger partial charge in [0.05, 0.1) is 11.9 Å². The lowest BCUT2D eigenvalue weighted by Crippen LogP contribution is -2.11. The molecular weight excluding hydrogens is 335 g/mol. The third kappa shape index (κ3) is 3.88. The number of aromatic nitrogens is 3. The Labute approximate surface area is 141 Å². The summed E-state index contributed by atoms with van der Waals surface area (Å²) < 4.78 is 18.6. The molecule has 2 aromatic heterocycles. The fourth-order valence-electron chi connectivity index (χ4n) is 1.93. The Bertz CT molecular complexity index is 899. The van der Waals surface area contributed by atoms with Gasteiger partial charge < -0.3 is 10.1 Å². The molecule has 0 atom stereocenters. The van der Waals surface area contributed by atoms with Gasteiger partial charge in [0.15, 0.2) is 0 Å². The predicted molar refractivity (Wildman–Crippen MR) is 87.9 cm³/mol. The molecule has 3 rings (SSSR count). The second-order valence-electron chi connectivity index (χ2n) is 4.84. The molecule has 2 heterocycles. The number of benzene rings is 1. The first-order valence-corrected chi connectivity index (χ1v) is 7.35. The van der Waals surface area contributed by atoms with Gasteiger partial charge in [0.2, 0.25) is 5.88 Å². The number of halogens is 2. The van der Waals surface area contributed by atoms with Crippen molar-refractivity contribution in [2.75, 3.05) is 5.32 Å². The highest BCUT2D eigenvalue weighted by Gasteiger charge is 2.05. The van der Waals surface area contributed by atoms with E-state index in [-0.39, 0.29) is 10.8 Å². The maximum Gasteiger partial charge on any atom is 0.285 e. The summed E-state index contributed by atoms with van der Waals surface area (Å²) in [4.78, 5) is 15.5. The molecule has 0 saturated carbocycles. The quantitative estimate of drug-likeness (QED) is 0.740. The van der Waals surface area contributed by atoms with Gasteiger partial charge in [-0.2, -0.15) is 5.10 Å². The van der Waals surface area contributed by atoms with Crippen LogP contribution < -0.4 is 15.6 Å². The van der Waals surface area contributed by atoms with Crippen molar-refractivity contribution >= 4 is 17.3 Å². The minimum absolute atomic E-state index is 0.0454. The monoisotopic (exact) mass is 346 g/mol.